The number of rotatable bonds is 4. The van der Waals surface area contributed by atoms with Crippen molar-refractivity contribution < 1.29 is 0 Å². The van der Waals surface area contributed by atoms with Crippen molar-refractivity contribution in [2.24, 2.45) is 0 Å². The molecule has 14 heavy (non-hydrogen) atoms. The lowest BCUT2D eigenvalue weighted by Gasteiger charge is -2.04. The first-order valence-electron chi connectivity index (χ1n) is 3.84. The molecule has 0 nitrogen and oxygen atoms in total. The summed E-state index contributed by atoms with van der Waals surface area (Å²) in [5, 5.41) is 0. The molecule has 0 radical (unpaired) electrons. The molecule has 0 atom stereocenters. The smallest absolute Gasteiger partial charge is 0.0777 e. The maximum absolute atomic E-state index is 5.73. The Balaban J connectivity index is 2.59. The molecule has 0 heterocycles. The second-order valence-corrected chi connectivity index (χ2v) is 10.5. The Hall–Kier alpha value is 1.24. The SMILES string of the molecule is ClP(Cl)Cc1ccc(CP(Cl)Cl)cc1. The van der Waals surface area contributed by atoms with E-state index in [0.717, 1.165) is 23.5 Å². The van der Waals surface area contributed by atoms with Gasteiger partial charge < -0.3 is 0 Å². The van der Waals surface area contributed by atoms with Gasteiger partial charge in [-0.1, -0.05) is 69.2 Å². The first kappa shape index (κ1) is 13.3. The Bertz CT molecular complexity index is 244. The van der Waals surface area contributed by atoms with E-state index in [9.17, 15) is 0 Å². The molecule has 0 saturated carbocycles. The van der Waals surface area contributed by atoms with Gasteiger partial charge in [-0.05, 0) is 11.1 Å². The number of hydrogen-bond acceptors (Lipinski definition) is 0. The molecule has 6 heteroatoms. The molecule has 1 rings (SSSR count). The summed E-state index contributed by atoms with van der Waals surface area (Å²) >= 11 is 22.9. The summed E-state index contributed by atoms with van der Waals surface area (Å²) in [4.78, 5) is 0. The molecule has 0 aromatic heterocycles. The first-order valence-corrected chi connectivity index (χ1v) is 10.5. The third kappa shape index (κ3) is 5.36. The highest BCUT2D eigenvalue weighted by atomic mass is 35.9. The molecule has 0 amide bonds. The predicted molar refractivity (Wildman–Crippen MR) is 71.1 cm³/mol. The Morgan fingerprint density at radius 1 is 0.714 bits per heavy atom. The van der Waals surface area contributed by atoms with Crippen LogP contribution in [0.15, 0.2) is 24.3 Å². The molecule has 0 aliphatic heterocycles. The molecule has 0 unspecified atom stereocenters. The monoisotopic (exact) mass is 306 g/mol. The van der Waals surface area contributed by atoms with Crippen molar-refractivity contribution in [3.8, 4) is 0 Å². The predicted octanol–water partition coefficient (Wildman–Crippen LogP) is 6.27. The van der Waals surface area contributed by atoms with Crippen LogP contribution in [0, 0.1) is 0 Å². The molecular weight excluding hydrogens is 300 g/mol. The van der Waals surface area contributed by atoms with E-state index in [4.69, 9.17) is 45.0 Å². The standard InChI is InChI=1S/C8H8Cl4P2/c9-13(10)5-7-1-2-8(4-3-7)6-14(11)12/h1-4H,5-6H2. The highest BCUT2D eigenvalue weighted by Gasteiger charge is 2.03. The van der Waals surface area contributed by atoms with Crippen LogP contribution < -0.4 is 0 Å². The lowest BCUT2D eigenvalue weighted by Crippen LogP contribution is -1.82. The molecule has 1 aromatic rings. The van der Waals surface area contributed by atoms with Gasteiger partial charge in [0.2, 0.25) is 0 Å². The van der Waals surface area contributed by atoms with Crippen molar-refractivity contribution >= 4 is 58.2 Å². The fourth-order valence-electron chi connectivity index (χ4n) is 1.03. The van der Waals surface area contributed by atoms with E-state index in [0.29, 0.717) is 0 Å². The van der Waals surface area contributed by atoms with Gasteiger partial charge in [-0.3, -0.25) is 0 Å². The van der Waals surface area contributed by atoms with E-state index in [2.05, 4.69) is 0 Å². The fraction of sp³-hybridized carbons (Fsp3) is 0.250. The third-order valence-corrected chi connectivity index (χ3v) is 4.27. The van der Waals surface area contributed by atoms with Crippen LogP contribution in [0.5, 0.6) is 0 Å². The summed E-state index contributed by atoms with van der Waals surface area (Å²) in [5.74, 6) is 0. The summed E-state index contributed by atoms with van der Waals surface area (Å²) in [6.07, 6.45) is 1.46. The molecule has 0 N–H and O–H groups in total. The van der Waals surface area contributed by atoms with Gasteiger partial charge in [-0.15, -0.1) is 0 Å². The average molecular weight is 308 g/mol. The Morgan fingerprint density at radius 2 is 1.00 bits per heavy atom. The Kier molecular flexibility index (Phi) is 6.41. The van der Waals surface area contributed by atoms with E-state index in [1.165, 1.54) is 0 Å². The van der Waals surface area contributed by atoms with E-state index in [1.54, 1.807) is 0 Å². The molecule has 0 fully saturated rings. The zero-order valence-electron chi connectivity index (χ0n) is 7.13. The van der Waals surface area contributed by atoms with Crippen LogP contribution in [0.2, 0.25) is 0 Å². The maximum Gasteiger partial charge on any atom is 0.0899 e. The lowest BCUT2D eigenvalue weighted by atomic mass is 10.2. The van der Waals surface area contributed by atoms with Gasteiger partial charge >= 0.3 is 0 Å². The zero-order chi connectivity index (χ0) is 10.6. The van der Waals surface area contributed by atoms with Crippen molar-refractivity contribution in [2.45, 2.75) is 12.3 Å². The van der Waals surface area contributed by atoms with Gasteiger partial charge in [0.25, 0.3) is 0 Å². The van der Waals surface area contributed by atoms with E-state index in [1.807, 2.05) is 24.3 Å². The minimum Gasteiger partial charge on any atom is -0.0777 e. The second-order valence-electron chi connectivity index (χ2n) is 2.74. The summed E-state index contributed by atoms with van der Waals surface area (Å²) in [6, 6.07) is 8.06. The number of hydrogen-bond donors (Lipinski definition) is 0. The molecule has 78 valence electrons. The normalized spacial score (nSPS) is 11.3. The number of benzene rings is 1. The van der Waals surface area contributed by atoms with Crippen molar-refractivity contribution in [3.05, 3.63) is 35.4 Å². The number of halogens is 4. The van der Waals surface area contributed by atoms with E-state index >= 15 is 0 Å². The molecule has 1 aromatic carbocycles. The van der Waals surface area contributed by atoms with E-state index < -0.39 is 13.3 Å². The van der Waals surface area contributed by atoms with Gasteiger partial charge in [0.15, 0.2) is 0 Å². The molecule has 0 aliphatic rings. The molecule has 0 spiro atoms. The van der Waals surface area contributed by atoms with Crippen LogP contribution in [0.3, 0.4) is 0 Å². The summed E-state index contributed by atoms with van der Waals surface area (Å²) in [7, 11) is 0. The minimum atomic E-state index is -0.907. The Labute approximate surface area is 106 Å². The summed E-state index contributed by atoms with van der Waals surface area (Å²) < 4.78 is 0. The van der Waals surface area contributed by atoms with Crippen LogP contribution >= 0.6 is 58.2 Å². The van der Waals surface area contributed by atoms with Crippen LogP contribution in [0.25, 0.3) is 0 Å². The topological polar surface area (TPSA) is 0 Å². The van der Waals surface area contributed by atoms with Crippen molar-refractivity contribution in [3.63, 3.8) is 0 Å². The quantitative estimate of drug-likeness (QED) is 0.575. The first-order chi connectivity index (χ1) is 6.58. The zero-order valence-corrected chi connectivity index (χ0v) is 11.9. The van der Waals surface area contributed by atoms with Crippen LogP contribution in [0.4, 0.5) is 0 Å². The van der Waals surface area contributed by atoms with Gasteiger partial charge in [-0.2, -0.15) is 0 Å². The van der Waals surface area contributed by atoms with Gasteiger partial charge in [0, 0.05) is 12.3 Å². The lowest BCUT2D eigenvalue weighted by molar-refractivity contribution is 1.34. The minimum absolute atomic E-state index is 0.731. The molecular formula is C8H8Cl4P2. The van der Waals surface area contributed by atoms with Crippen LogP contribution in [-0.4, -0.2) is 0 Å². The van der Waals surface area contributed by atoms with Gasteiger partial charge in [-0.25, -0.2) is 0 Å². The summed E-state index contributed by atoms with van der Waals surface area (Å²) in [6.45, 7) is -1.81. The highest BCUT2D eigenvalue weighted by Crippen LogP contribution is 2.51. The fourth-order valence-corrected chi connectivity index (χ4v) is 3.66. The van der Waals surface area contributed by atoms with Gasteiger partial charge in [0.1, 0.15) is 0 Å². The molecule has 0 aliphatic carbocycles. The maximum atomic E-state index is 5.73. The van der Waals surface area contributed by atoms with E-state index in [-0.39, 0.29) is 0 Å². The van der Waals surface area contributed by atoms with Crippen molar-refractivity contribution in [1.29, 1.82) is 0 Å². The van der Waals surface area contributed by atoms with Crippen LogP contribution in [0.1, 0.15) is 11.1 Å². The largest absolute Gasteiger partial charge is 0.0899 e. The van der Waals surface area contributed by atoms with Gasteiger partial charge in [0.05, 0.1) is 13.3 Å². The Morgan fingerprint density at radius 3 is 1.21 bits per heavy atom. The summed E-state index contributed by atoms with van der Waals surface area (Å²) in [5.41, 5.74) is 2.30. The second kappa shape index (κ2) is 6.74. The van der Waals surface area contributed by atoms with Crippen molar-refractivity contribution in [1.82, 2.24) is 0 Å². The highest BCUT2D eigenvalue weighted by molar-refractivity contribution is 8.03. The van der Waals surface area contributed by atoms with Crippen LogP contribution in [-0.2, 0) is 12.3 Å². The third-order valence-electron chi connectivity index (χ3n) is 1.63. The average Bonchev–Trinajstić information content (AvgIpc) is 2.06. The van der Waals surface area contributed by atoms with Crippen molar-refractivity contribution in [2.75, 3.05) is 0 Å². The molecule has 0 saturated heterocycles. The molecule has 0 bridgehead atoms.